The van der Waals surface area contributed by atoms with Gasteiger partial charge in [-0.05, 0) is 36.8 Å². The van der Waals surface area contributed by atoms with Crippen molar-refractivity contribution in [3.63, 3.8) is 0 Å². The molecule has 0 amide bonds. The lowest BCUT2D eigenvalue weighted by Gasteiger charge is -2.26. The molecule has 6 nitrogen and oxygen atoms in total. The molecule has 8 heteroatoms. The van der Waals surface area contributed by atoms with Crippen LogP contribution in [0.25, 0.3) is 0 Å². The van der Waals surface area contributed by atoms with Crippen molar-refractivity contribution in [3.05, 3.63) is 76.3 Å². The predicted octanol–water partition coefficient (Wildman–Crippen LogP) is 5.18. The average Bonchev–Trinajstić information content (AvgIpc) is 2.77. The Hall–Kier alpha value is -2.71. The van der Waals surface area contributed by atoms with Gasteiger partial charge in [-0.2, -0.15) is 0 Å². The van der Waals surface area contributed by atoms with Crippen LogP contribution in [-0.4, -0.2) is 29.7 Å². The lowest BCUT2D eigenvalue weighted by Crippen LogP contribution is -2.30. The van der Waals surface area contributed by atoms with Gasteiger partial charge in [0.15, 0.2) is 11.5 Å². The fourth-order valence-electron chi connectivity index (χ4n) is 3.12. The molecule has 3 aromatic rings. The highest BCUT2D eigenvalue weighted by Crippen LogP contribution is 2.42. The number of benzene rings is 3. The quantitative estimate of drug-likeness (QED) is 0.422. The van der Waals surface area contributed by atoms with Crippen LogP contribution in [-0.2, 0) is 16.6 Å². The van der Waals surface area contributed by atoms with Gasteiger partial charge in [0.2, 0.25) is 5.75 Å². The Labute approximate surface area is 191 Å². The van der Waals surface area contributed by atoms with E-state index in [2.05, 4.69) is 15.9 Å². The minimum atomic E-state index is -3.88. The lowest BCUT2D eigenvalue weighted by molar-refractivity contribution is 0.324. The topological polar surface area (TPSA) is 65.1 Å². The van der Waals surface area contributed by atoms with Crippen LogP contribution in [0.2, 0.25) is 0 Å². The normalized spacial score (nSPS) is 11.1. The number of anilines is 1. The summed E-state index contributed by atoms with van der Waals surface area (Å²) >= 11 is 3.41. The van der Waals surface area contributed by atoms with Crippen LogP contribution in [0.1, 0.15) is 11.1 Å². The summed E-state index contributed by atoms with van der Waals surface area (Å²) in [4.78, 5) is 0.198. The molecular weight excluding hydrogens is 482 g/mol. The van der Waals surface area contributed by atoms with Crippen molar-refractivity contribution in [2.45, 2.75) is 18.4 Å². The summed E-state index contributed by atoms with van der Waals surface area (Å²) in [6, 6.07) is 17.5. The number of ether oxygens (including phenoxy) is 3. The van der Waals surface area contributed by atoms with Crippen LogP contribution < -0.4 is 18.5 Å². The van der Waals surface area contributed by atoms with Crippen LogP contribution in [0.15, 0.2) is 70.0 Å². The molecule has 3 rings (SSSR count). The predicted molar refractivity (Wildman–Crippen MR) is 125 cm³/mol. The van der Waals surface area contributed by atoms with E-state index in [1.165, 1.54) is 25.6 Å². The first-order valence-corrected chi connectivity index (χ1v) is 11.7. The molecule has 0 spiro atoms. The largest absolute Gasteiger partial charge is 0.493 e. The van der Waals surface area contributed by atoms with Crippen molar-refractivity contribution in [1.82, 2.24) is 0 Å². The maximum atomic E-state index is 13.7. The summed E-state index contributed by atoms with van der Waals surface area (Å²) in [5.41, 5.74) is 2.21. The number of hydrogen-bond donors (Lipinski definition) is 0. The van der Waals surface area contributed by atoms with Crippen LogP contribution in [0, 0.1) is 6.92 Å². The van der Waals surface area contributed by atoms with E-state index in [1.807, 2.05) is 31.2 Å². The summed E-state index contributed by atoms with van der Waals surface area (Å²) < 4.78 is 45.9. The number of hydrogen-bond acceptors (Lipinski definition) is 5. The van der Waals surface area contributed by atoms with Crippen LogP contribution in [0.5, 0.6) is 17.2 Å². The molecule has 0 aliphatic rings. The number of methoxy groups -OCH3 is 3. The molecule has 0 fully saturated rings. The Morgan fingerprint density at radius 1 is 0.839 bits per heavy atom. The molecular formula is C23H24BrNO5S. The highest BCUT2D eigenvalue weighted by molar-refractivity contribution is 9.10. The van der Waals surface area contributed by atoms with E-state index in [4.69, 9.17) is 14.2 Å². The zero-order chi connectivity index (χ0) is 22.6. The summed E-state index contributed by atoms with van der Waals surface area (Å²) in [7, 11) is 0.613. The third kappa shape index (κ3) is 4.97. The summed E-state index contributed by atoms with van der Waals surface area (Å²) in [5, 5.41) is 0. The van der Waals surface area contributed by atoms with Crippen molar-refractivity contribution < 1.29 is 22.6 Å². The second kappa shape index (κ2) is 9.62. The zero-order valence-electron chi connectivity index (χ0n) is 17.8. The molecule has 0 saturated carbocycles. The van der Waals surface area contributed by atoms with Crippen LogP contribution in [0.3, 0.4) is 0 Å². The van der Waals surface area contributed by atoms with Gasteiger partial charge in [-0.25, -0.2) is 8.42 Å². The third-order valence-electron chi connectivity index (χ3n) is 4.79. The van der Waals surface area contributed by atoms with E-state index in [-0.39, 0.29) is 11.4 Å². The molecule has 3 aromatic carbocycles. The molecule has 0 atom stereocenters. The van der Waals surface area contributed by atoms with Crippen LogP contribution >= 0.6 is 15.9 Å². The van der Waals surface area contributed by atoms with E-state index in [0.29, 0.717) is 22.9 Å². The number of aryl methyl sites for hydroxylation is 1. The molecule has 0 unspecified atom stereocenters. The standard InChI is InChI=1S/C23H24BrNO5S/c1-16-5-11-20(12-6-16)31(26,27)25(15-17-7-9-18(24)10-8-17)19-13-21(28-2)23(30-4)22(14-19)29-3/h5-14H,15H2,1-4H3. The first-order chi connectivity index (χ1) is 14.8. The van der Waals surface area contributed by atoms with Gasteiger partial charge in [0.25, 0.3) is 10.0 Å². The van der Waals surface area contributed by atoms with Crippen molar-refractivity contribution in [2.75, 3.05) is 25.6 Å². The number of rotatable bonds is 8. The van der Waals surface area contributed by atoms with E-state index in [0.717, 1.165) is 15.6 Å². The fraction of sp³-hybridized carbons (Fsp3) is 0.217. The average molecular weight is 506 g/mol. The first kappa shape index (κ1) is 23.0. The summed E-state index contributed by atoms with van der Waals surface area (Å²) in [6.07, 6.45) is 0. The van der Waals surface area contributed by atoms with Crippen molar-refractivity contribution in [2.24, 2.45) is 0 Å². The molecule has 0 bridgehead atoms. The Bertz CT molecular complexity index is 1120. The molecule has 0 radical (unpaired) electrons. The van der Waals surface area contributed by atoms with Crippen molar-refractivity contribution in [3.8, 4) is 17.2 Å². The molecule has 0 aliphatic heterocycles. The van der Waals surface area contributed by atoms with Crippen LogP contribution in [0.4, 0.5) is 5.69 Å². The van der Waals surface area contributed by atoms with Gasteiger partial charge in [-0.15, -0.1) is 0 Å². The molecule has 0 N–H and O–H groups in total. The van der Waals surface area contributed by atoms with E-state index >= 15 is 0 Å². The van der Waals surface area contributed by atoms with Crippen molar-refractivity contribution >= 4 is 31.6 Å². The smallest absolute Gasteiger partial charge is 0.264 e. The van der Waals surface area contributed by atoms with Crippen molar-refractivity contribution in [1.29, 1.82) is 0 Å². The Morgan fingerprint density at radius 3 is 1.87 bits per heavy atom. The van der Waals surface area contributed by atoms with Gasteiger partial charge in [-0.1, -0.05) is 45.8 Å². The van der Waals surface area contributed by atoms with E-state index in [9.17, 15) is 8.42 Å². The van der Waals surface area contributed by atoms with Gasteiger partial charge < -0.3 is 14.2 Å². The highest BCUT2D eigenvalue weighted by Gasteiger charge is 2.27. The van der Waals surface area contributed by atoms with E-state index in [1.54, 1.807) is 36.4 Å². The van der Waals surface area contributed by atoms with Gasteiger partial charge in [0.1, 0.15) is 0 Å². The lowest BCUT2D eigenvalue weighted by atomic mass is 10.2. The molecule has 0 saturated heterocycles. The van der Waals surface area contributed by atoms with Gasteiger partial charge >= 0.3 is 0 Å². The molecule has 31 heavy (non-hydrogen) atoms. The zero-order valence-corrected chi connectivity index (χ0v) is 20.2. The Kier molecular flexibility index (Phi) is 7.12. The highest BCUT2D eigenvalue weighted by atomic mass is 79.9. The molecule has 0 heterocycles. The third-order valence-corrected chi connectivity index (χ3v) is 7.10. The summed E-state index contributed by atoms with van der Waals surface area (Å²) in [6.45, 7) is 2.04. The Balaban J connectivity index is 2.18. The second-order valence-electron chi connectivity index (χ2n) is 6.83. The van der Waals surface area contributed by atoms with E-state index < -0.39 is 10.0 Å². The number of nitrogens with zero attached hydrogens (tertiary/aromatic N) is 1. The van der Waals surface area contributed by atoms with Gasteiger partial charge in [0, 0.05) is 16.6 Å². The first-order valence-electron chi connectivity index (χ1n) is 9.44. The minimum absolute atomic E-state index is 0.127. The second-order valence-corrected chi connectivity index (χ2v) is 9.61. The molecule has 0 aliphatic carbocycles. The minimum Gasteiger partial charge on any atom is -0.493 e. The SMILES string of the molecule is COc1cc(N(Cc2ccc(Br)cc2)S(=O)(=O)c2ccc(C)cc2)cc(OC)c1OC. The maximum Gasteiger partial charge on any atom is 0.264 e. The number of halogens is 1. The number of sulfonamides is 1. The summed E-state index contributed by atoms with van der Waals surface area (Å²) in [5.74, 6) is 1.14. The Morgan fingerprint density at radius 2 is 1.39 bits per heavy atom. The van der Waals surface area contributed by atoms with Gasteiger partial charge in [0.05, 0.1) is 38.5 Å². The fourth-order valence-corrected chi connectivity index (χ4v) is 4.82. The monoisotopic (exact) mass is 505 g/mol. The maximum absolute atomic E-state index is 13.7. The molecule has 0 aromatic heterocycles. The van der Waals surface area contributed by atoms with Gasteiger partial charge in [-0.3, -0.25) is 4.31 Å². The molecule has 164 valence electrons.